The summed E-state index contributed by atoms with van der Waals surface area (Å²) >= 11 is 0. The summed E-state index contributed by atoms with van der Waals surface area (Å²) in [6.45, 7) is 6.70. The smallest absolute Gasteiger partial charge is 0.188 e. The molecule has 2 fully saturated rings. The average Bonchev–Trinajstić information content (AvgIpc) is 2.85. The molecule has 1 heterocycles. The molecular weight excluding hydrogens is 351 g/mol. The molecule has 1 aliphatic carbocycles. The van der Waals surface area contributed by atoms with E-state index in [0.29, 0.717) is 17.9 Å². The molecule has 1 unspecified atom stereocenters. The van der Waals surface area contributed by atoms with Crippen LogP contribution in [-0.4, -0.2) is 43.1 Å². The van der Waals surface area contributed by atoms with Gasteiger partial charge < -0.3 is 16.0 Å². The number of rotatable bonds is 4. The summed E-state index contributed by atoms with van der Waals surface area (Å²) in [5.41, 5.74) is 5.98. The monoisotopic (exact) mass is 380 g/mol. The van der Waals surface area contributed by atoms with Gasteiger partial charge in [-0.2, -0.15) is 0 Å². The summed E-state index contributed by atoms with van der Waals surface area (Å²) in [6, 6.07) is 0.568. The summed E-state index contributed by atoms with van der Waals surface area (Å²) < 4.78 is 0. The Morgan fingerprint density at radius 1 is 1.26 bits per heavy atom. The van der Waals surface area contributed by atoms with Crippen molar-refractivity contribution in [3.8, 4) is 0 Å². The minimum atomic E-state index is 0. The van der Waals surface area contributed by atoms with Crippen LogP contribution in [-0.2, 0) is 0 Å². The summed E-state index contributed by atoms with van der Waals surface area (Å²) in [5.74, 6) is 1.37. The minimum Gasteiger partial charge on any atom is -0.370 e. The molecule has 0 aromatic rings. The fourth-order valence-corrected chi connectivity index (χ4v) is 3.08. The van der Waals surface area contributed by atoms with E-state index in [2.05, 4.69) is 22.1 Å². The third-order valence-electron chi connectivity index (χ3n) is 4.29. The second-order valence-corrected chi connectivity index (χ2v) is 5.75. The van der Waals surface area contributed by atoms with E-state index in [1.165, 1.54) is 51.6 Å². The van der Waals surface area contributed by atoms with Crippen LogP contribution in [0.5, 0.6) is 0 Å². The summed E-state index contributed by atoms with van der Waals surface area (Å²) in [5, 5.41) is 3.38. The molecule has 0 aromatic carbocycles. The lowest BCUT2D eigenvalue weighted by Gasteiger charge is -2.23. The number of hydrogen-bond acceptors (Lipinski definition) is 2. The summed E-state index contributed by atoms with van der Waals surface area (Å²) in [4.78, 5) is 7.02. The van der Waals surface area contributed by atoms with E-state index in [-0.39, 0.29) is 24.0 Å². The second-order valence-electron chi connectivity index (χ2n) is 5.75. The number of guanidine groups is 1. The Labute approximate surface area is 134 Å². The topological polar surface area (TPSA) is 53.6 Å². The van der Waals surface area contributed by atoms with E-state index in [1.54, 1.807) is 0 Å². The molecule has 5 heteroatoms. The van der Waals surface area contributed by atoms with Gasteiger partial charge in [0.25, 0.3) is 0 Å². The molecule has 2 aliphatic rings. The van der Waals surface area contributed by atoms with E-state index in [4.69, 9.17) is 5.73 Å². The van der Waals surface area contributed by atoms with Crippen LogP contribution >= 0.6 is 24.0 Å². The molecule has 4 nitrogen and oxygen atoms in total. The van der Waals surface area contributed by atoms with Crippen LogP contribution in [0.4, 0.5) is 0 Å². The molecule has 0 radical (unpaired) electrons. The van der Waals surface area contributed by atoms with Crippen molar-refractivity contribution in [2.45, 2.75) is 51.5 Å². The highest BCUT2D eigenvalue weighted by Gasteiger charge is 2.20. The average molecular weight is 380 g/mol. The number of nitrogens with two attached hydrogens (primary N) is 1. The fraction of sp³-hybridized carbons (Fsp3) is 0.929. The first-order valence-corrected chi connectivity index (χ1v) is 7.56. The maximum atomic E-state index is 5.98. The molecule has 1 saturated carbocycles. The van der Waals surface area contributed by atoms with Gasteiger partial charge in [0.1, 0.15) is 0 Å². The quantitative estimate of drug-likeness (QED) is 0.447. The Hall–Kier alpha value is -0.0400. The highest BCUT2D eigenvalue weighted by molar-refractivity contribution is 14.0. The number of nitrogens with one attached hydrogen (secondary N) is 1. The normalized spacial score (nSPS) is 26.2. The van der Waals surface area contributed by atoms with E-state index >= 15 is 0 Å². The number of halogens is 1. The van der Waals surface area contributed by atoms with Crippen LogP contribution in [0.3, 0.4) is 0 Å². The van der Waals surface area contributed by atoms with Crippen LogP contribution in [0, 0.1) is 5.92 Å². The van der Waals surface area contributed by atoms with Gasteiger partial charge in [0, 0.05) is 19.1 Å². The van der Waals surface area contributed by atoms with Crippen LogP contribution in [0.25, 0.3) is 0 Å². The van der Waals surface area contributed by atoms with Crippen LogP contribution in [0.1, 0.15) is 45.4 Å². The molecule has 1 aliphatic heterocycles. The SMILES string of the molecule is CCN1CCC(CN=C(N)NC2CCCCC2)C1.I. The van der Waals surface area contributed by atoms with E-state index in [1.807, 2.05) is 0 Å². The molecular formula is C14H29IN4. The molecule has 19 heavy (non-hydrogen) atoms. The van der Waals surface area contributed by atoms with Gasteiger partial charge in [0.05, 0.1) is 0 Å². The third-order valence-corrected chi connectivity index (χ3v) is 4.29. The summed E-state index contributed by atoms with van der Waals surface area (Å²) in [6.07, 6.45) is 7.82. The van der Waals surface area contributed by atoms with Crippen molar-refractivity contribution in [3.63, 3.8) is 0 Å². The molecule has 1 atom stereocenters. The maximum Gasteiger partial charge on any atom is 0.188 e. The van der Waals surface area contributed by atoms with E-state index in [9.17, 15) is 0 Å². The molecule has 2 rings (SSSR count). The number of hydrogen-bond donors (Lipinski definition) is 2. The third kappa shape index (κ3) is 5.85. The van der Waals surface area contributed by atoms with Crippen molar-refractivity contribution >= 4 is 29.9 Å². The maximum absolute atomic E-state index is 5.98. The predicted molar refractivity (Wildman–Crippen MR) is 92.1 cm³/mol. The van der Waals surface area contributed by atoms with Gasteiger partial charge in [-0.3, -0.25) is 4.99 Å². The zero-order chi connectivity index (χ0) is 12.8. The van der Waals surface area contributed by atoms with Gasteiger partial charge in [0.2, 0.25) is 0 Å². The molecule has 112 valence electrons. The zero-order valence-electron chi connectivity index (χ0n) is 12.1. The van der Waals surface area contributed by atoms with Gasteiger partial charge >= 0.3 is 0 Å². The highest BCUT2D eigenvalue weighted by atomic mass is 127. The number of nitrogens with zero attached hydrogens (tertiary/aromatic N) is 2. The Morgan fingerprint density at radius 2 is 2.00 bits per heavy atom. The van der Waals surface area contributed by atoms with Crippen molar-refractivity contribution in [1.82, 2.24) is 10.2 Å². The zero-order valence-corrected chi connectivity index (χ0v) is 14.4. The van der Waals surface area contributed by atoms with Crippen LogP contribution in [0.15, 0.2) is 4.99 Å². The van der Waals surface area contributed by atoms with Gasteiger partial charge in [-0.15, -0.1) is 24.0 Å². The number of aliphatic imine (C=N–C) groups is 1. The van der Waals surface area contributed by atoms with E-state index < -0.39 is 0 Å². The first-order valence-electron chi connectivity index (χ1n) is 7.56. The lowest BCUT2D eigenvalue weighted by molar-refractivity contribution is 0.343. The Kier molecular flexibility index (Phi) is 8.06. The predicted octanol–water partition coefficient (Wildman–Crippen LogP) is 2.18. The molecule has 1 saturated heterocycles. The Morgan fingerprint density at radius 3 is 2.63 bits per heavy atom. The Bertz CT molecular complexity index is 277. The molecule has 0 bridgehead atoms. The largest absolute Gasteiger partial charge is 0.370 e. The molecule has 0 aromatic heterocycles. The van der Waals surface area contributed by atoms with Crippen molar-refractivity contribution in [2.24, 2.45) is 16.6 Å². The van der Waals surface area contributed by atoms with Gasteiger partial charge in [0.15, 0.2) is 5.96 Å². The Balaban J connectivity index is 0.00000180. The van der Waals surface area contributed by atoms with Crippen LogP contribution in [0.2, 0.25) is 0 Å². The van der Waals surface area contributed by atoms with Gasteiger partial charge in [-0.25, -0.2) is 0 Å². The van der Waals surface area contributed by atoms with Crippen molar-refractivity contribution < 1.29 is 0 Å². The van der Waals surface area contributed by atoms with Crippen molar-refractivity contribution in [2.75, 3.05) is 26.2 Å². The van der Waals surface area contributed by atoms with Crippen molar-refractivity contribution in [3.05, 3.63) is 0 Å². The van der Waals surface area contributed by atoms with Crippen molar-refractivity contribution in [1.29, 1.82) is 0 Å². The molecule has 0 spiro atoms. The standard InChI is InChI=1S/C14H28N4.HI/c1-2-18-9-8-12(11-18)10-16-14(15)17-13-6-4-3-5-7-13;/h12-13H,2-11H2,1H3,(H3,15,16,17);1H. The van der Waals surface area contributed by atoms with Gasteiger partial charge in [-0.1, -0.05) is 26.2 Å². The lowest BCUT2D eigenvalue weighted by atomic mass is 9.96. The molecule has 3 N–H and O–H groups in total. The fourth-order valence-electron chi connectivity index (χ4n) is 3.08. The lowest BCUT2D eigenvalue weighted by Crippen LogP contribution is -2.41. The highest BCUT2D eigenvalue weighted by Crippen LogP contribution is 2.17. The van der Waals surface area contributed by atoms with E-state index in [0.717, 1.165) is 13.1 Å². The number of likely N-dealkylation sites (tertiary alicyclic amines) is 1. The second kappa shape index (κ2) is 9.00. The van der Waals surface area contributed by atoms with Crippen LogP contribution < -0.4 is 11.1 Å². The molecule has 0 amide bonds. The summed E-state index contributed by atoms with van der Waals surface area (Å²) in [7, 11) is 0. The minimum absolute atomic E-state index is 0. The first kappa shape index (κ1) is 17.0. The van der Waals surface area contributed by atoms with Gasteiger partial charge in [-0.05, 0) is 38.3 Å². The first-order chi connectivity index (χ1) is 8.78.